The van der Waals surface area contributed by atoms with Crippen LogP contribution in [-0.4, -0.2) is 12.3 Å². The van der Waals surface area contributed by atoms with Gasteiger partial charge in [-0.3, -0.25) is 4.79 Å². The lowest BCUT2D eigenvalue weighted by atomic mass is 10.2. The fourth-order valence-corrected chi connectivity index (χ4v) is 1.48. The highest BCUT2D eigenvalue weighted by atomic mass is 16.7. The third kappa shape index (κ3) is 2.27. The topological polar surface area (TPSA) is 44.8 Å². The quantitative estimate of drug-likeness (QED) is 0.736. The standard InChI is InChI=1S/C12H14O4/c1-3-12(13)14-7-9-4-5-10-11(6-9)16-8(2)15-10/h4-6,8H,3,7H2,1-2H3. The molecule has 1 aliphatic heterocycles. The van der Waals surface area contributed by atoms with Crippen LogP contribution in [0.5, 0.6) is 11.5 Å². The fourth-order valence-electron chi connectivity index (χ4n) is 1.48. The van der Waals surface area contributed by atoms with Crippen molar-refractivity contribution in [3.63, 3.8) is 0 Å². The molecule has 1 heterocycles. The zero-order valence-electron chi connectivity index (χ0n) is 9.36. The van der Waals surface area contributed by atoms with Crippen molar-refractivity contribution in [3.05, 3.63) is 23.8 Å². The number of rotatable bonds is 3. The summed E-state index contributed by atoms with van der Waals surface area (Å²) in [6, 6.07) is 5.53. The van der Waals surface area contributed by atoms with Gasteiger partial charge < -0.3 is 14.2 Å². The molecule has 0 saturated heterocycles. The first-order chi connectivity index (χ1) is 7.69. The zero-order chi connectivity index (χ0) is 11.5. The highest BCUT2D eigenvalue weighted by Gasteiger charge is 2.19. The Hall–Kier alpha value is -1.71. The van der Waals surface area contributed by atoms with Crippen molar-refractivity contribution in [3.8, 4) is 11.5 Å². The van der Waals surface area contributed by atoms with E-state index in [1.807, 2.05) is 25.1 Å². The number of fused-ring (bicyclic) bond motifs is 1. The Labute approximate surface area is 94.1 Å². The zero-order valence-corrected chi connectivity index (χ0v) is 9.36. The van der Waals surface area contributed by atoms with Crippen LogP contribution in [0.2, 0.25) is 0 Å². The van der Waals surface area contributed by atoms with E-state index in [-0.39, 0.29) is 18.9 Å². The van der Waals surface area contributed by atoms with E-state index in [0.717, 1.165) is 11.3 Å². The molecule has 1 unspecified atom stereocenters. The van der Waals surface area contributed by atoms with Gasteiger partial charge in [-0.2, -0.15) is 0 Å². The molecule has 0 amide bonds. The molecule has 2 rings (SSSR count). The summed E-state index contributed by atoms with van der Waals surface area (Å²) >= 11 is 0. The van der Waals surface area contributed by atoms with Gasteiger partial charge in [0.1, 0.15) is 6.61 Å². The molecule has 86 valence electrons. The van der Waals surface area contributed by atoms with E-state index in [1.54, 1.807) is 6.92 Å². The number of ether oxygens (including phenoxy) is 3. The normalized spacial score (nSPS) is 17.2. The maximum absolute atomic E-state index is 11.0. The number of carbonyl (C=O) groups is 1. The second kappa shape index (κ2) is 4.43. The Morgan fingerprint density at radius 3 is 2.88 bits per heavy atom. The Bertz CT molecular complexity index is 400. The molecule has 1 aromatic rings. The van der Waals surface area contributed by atoms with Gasteiger partial charge in [0.25, 0.3) is 0 Å². The van der Waals surface area contributed by atoms with E-state index in [1.165, 1.54) is 0 Å². The molecule has 0 N–H and O–H groups in total. The minimum absolute atomic E-state index is 0.203. The molecule has 0 fully saturated rings. The van der Waals surface area contributed by atoms with Crippen molar-refractivity contribution >= 4 is 5.97 Å². The SMILES string of the molecule is CCC(=O)OCc1ccc2c(c1)OC(C)O2. The summed E-state index contributed by atoms with van der Waals surface area (Å²) in [5.74, 6) is 1.24. The average Bonchev–Trinajstić information content (AvgIpc) is 2.65. The summed E-state index contributed by atoms with van der Waals surface area (Å²) < 4.78 is 15.8. The molecule has 0 radical (unpaired) electrons. The molecule has 0 saturated carbocycles. The van der Waals surface area contributed by atoms with Crippen LogP contribution >= 0.6 is 0 Å². The van der Waals surface area contributed by atoms with Crippen LogP contribution in [-0.2, 0) is 16.1 Å². The lowest BCUT2D eigenvalue weighted by molar-refractivity contribution is -0.144. The van der Waals surface area contributed by atoms with Crippen molar-refractivity contribution in [2.24, 2.45) is 0 Å². The molecule has 0 bridgehead atoms. The van der Waals surface area contributed by atoms with Gasteiger partial charge in [-0.05, 0) is 17.7 Å². The van der Waals surface area contributed by atoms with E-state index in [2.05, 4.69) is 0 Å². The minimum Gasteiger partial charge on any atom is -0.461 e. The summed E-state index contributed by atoms with van der Waals surface area (Å²) in [7, 11) is 0. The molecule has 16 heavy (non-hydrogen) atoms. The Kier molecular flexibility index (Phi) is 2.99. The molecule has 4 heteroatoms. The van der Waals surface area contributed by atoms with Gasteiger partial charge in [0.2, 0.25) is 6.29 Å². The molecule has 1 atom stereocenters. The average molecular weight is 222 g/mol. The predicted octanol–water partition coefficient (Wildman–Crippen LogP) is 2.26. The van der Waals surface area contributed by atoms with Gasteiger partial charge in [0.15, 0.2) is 11.5 Å². The van der Waals surface area contributed by atoms with Gasteiger partial charge in [0, 0.05) is 13.3 Å². The summed E-state index contributed by atoms with van der Waals surface area (Å²) in [5.41, 5.74) is 0.901. The molecule has 1 aliphatic rings. The maximum atomic E-state index is 11.0. The minimum atomic E-state index is -0.247. The Balaban J connectivity index is 2.02. The van der Waals surface area contributed by atoms with E-state index in [9.17, 15) is 4.79 Å². The summed E-state index contributed by atoms with van der Waals surface area (Å²) in [6.45, 7) is 3.87. The van der Waals surface area contributed by atoms with Crippen molar-refractivity contribution in [2.75, 3.05) is 0 Å². The number of carbonyl (C=O) groups excluding carboxylic acids is 1. The molecular formula is C12H14O4. The van der Waals surface area contributed by atoms with Crippen molar-refractivity contribution in [1.29, 1.82) is 0 Å². The van der Waals surface area contributed by atoms with Gasteiger partial charge in [-0.1, -0.05) is 13.0 Å². The monoisotopic (exact) mass is 222 g/mol. The van der Waals surface area contributed by atoms with Crippen molar-refractivity contribution in [1.82, 2.24) is 0 Å². The van der Waals surface area contributed by atoms with Crippen molar-refractivity contribution < 1.29 is 19.0 Å². The fraction of sp³-hybridized carbons (Fsp3) is 0.417. The van der Waals surface area contributed by atoms with E-state index in [0.29, 0.717) is 12.2 Å². The first-order valence-corrected chi connectivity index (χ1v) is 5.31. The lowest BCUT2D eigenvalue weighted by Gasteiger charge is -2.04. The van der Waals surface area contributed by atoms with Crippen LogP contribution in [0, 0.1) is 0 Å². The second-order valence-electron chi connectivity index (χ2n) is 3.60. The van der Waals surface area contributed by atoms with E-state index < -0.39 is 0 Å². The number of hydrogen-bond acceptors (Lipinski definition) is 4. The number of esters is 1. The van der Waals surface area contributed by atoms with E-state index >= 15 is 0 Å². The molecule has 4 nitrogen and oxygen atoms in total. The molecule has 0 aromatic heterocycles. The Morgan fingerprint density at radius 1 is 1.38 bits per heavy atom. The number of benzene rings is 1. The Morgan fingerprint density at radius 2 is 2.12 bits per heavy atom. The highest BCUT2D eigenvalue weighted by molar-refractivity contribution is 5.68. The first-order valence-electron chi connectivity index (χ1n) is 5.31. The van der Waals surface area contributed by atoms with Crippen LogP contribution in [0.25, 0.3) is 0 Å². The second-order valence-corrected chi connectivity index (χ2v) is 3.60. The maximum Gasteiger partial charge on any atom is 0.305 e. The molecular weight excluding hydrogens is 208 g/mol. The van der Waals surface area contributed by atoms with Gasteiger partial charge >= 0.3 is 5.97 Å². The lowest BCUT2D eigenvalue weighted by Crippen LogP contribution is -2.11. The molecule has 0 spiro atoms. The largest absolute Gasteiger partial charge is 0.461 e. The van der Waals surface area contributed by atoms with Gasteiger partial charge in [0.05, 0.1) is 0 Å². The van der Waals surface area contributed by atoms with Crippen LogP contribution in [0.4, 0.5) is 0 Å². The van der Waals surface area contributed by atoms with Crippen LogP contribution in [0.3, 0.4) is 0 Å². The molecule has 0 aliphatic carbocycles. The third-order valence-corrected chi connectivity index (χ3v) is 2.28. The van der Waals surface area contributed by atoms with Gasteiger partial charge in [-0.15, -0.1) is 0 Å². The third-order valence-electron chi connectivity index (χ3n) is 2.28. The first kappa shape index (κ1) is 10.8. The highest BCUT2D eigenvalue weighted by Crippen LogP contribution is 2.35. The van der Waals surface area contributed by atoms with Crippen LogP contribution in [0.15, 0.2) is 18.2 Å². The van der Waals surface area contributed by atoms with Crippen LogP contribution in [0.1, 0.15) is 25.8 Å². The summed E-state index contributed by atoms with van der Waals surface area (Å²) in [6.07, 6.45) is 0.144. The van der Waals surface area contributed by atoms with Crippen LogP contribution < -0.4 is 9.47 Å². The van der Waals surface area contributed by atoms with Crippen molar-refractivity contribution in [2.45, 2.75) is 33.2 Å². The van der Waals surface area contributed by atoms with Gasteiger partial charge in [-0.25, -0.2) is 0 Å². The number of hydrogen-bond donors (Lipinski definition) is 0. The predicted molar refractivity (Wildman–Crippen MR) is 57.2 cm³/mol. The summed E-state index contributed by atoms with van der Waals surface area (Å²) in [5, 5.41) is 0. The summed E-state index contributed by atoms with van der Waals surface area (Å²) in [4.78, 5) is 11.0. The smallest absolute Gasteiger partial charge is 0.305 e. The van der Waals surface area contributed by atoms with E-state index in [4.69, 9.17) is 14.2 Å². The molecule has 1 aromatic carbocycles.